The summed E-state index contributed by atoms with van der Waals surface area (Å²) in [5, 5.41) is 11.3. The van der Waals surface area contributed by atoms with Crippen molar-refractivity contribution in [3.05, 3.63) is 71.6 Å². The molecule has 27 heavy (non-hydrogen) atoms. The number of aliphatic hydroxyl groups is 1. The predicted octanol–water partition coefficient (Wildman–Crippen LogP) is 4.40. The van der Waals surface area contributed by atoms with Gasteiger partial charge < -0.3 is 18.8 Å². The van der Waals surface area contributed by atoms with Crippen molar-refractivity contribution in [1.29, 1.82) is 0 Å². The molecule has 6 heteroatoms. The van der Waals surface area contributed by atoms with Crippen LogP contribution in [0.1, 0.15) is 42.1 Å². The average Bonchev–Trinajstić information content (AvgIpc) is 3.39. The number of aliphatic hydroxyl groups excluding tert-OH is 1. The average molecular weight is 365 g/mol. The van der Waals surface area contributed by atoms with Gasteiger partial charge in [0.15, 0.2) is 11.5 Å². The van der Waals surface area contributed by atoms with Gasteiger partial charge in [0.25, 0.3) is 5.91 Å². The number of unbranched alkanes of at least 4 members (excludes halogenated alkanes) is 1. The minimum absolute atomic E-state index is 0.00916. The molecule has 1 unspecified atom stereocenters. The molecule has 1 amide bonds. The van der Waals surface area contributed by atoms with Crippen LogP contribution in [0.4, 0.5) is 0 Å². The van der Waals surface area contributed by atoms with Gasteiger partial charge in [0.2, 0.25) is 5.78 Å². The molecule has 1 aromatic carbocycles. The molecular weight excluding hydrogens is 346 g/mol. The van der Waals surface area contributed by atoms with E-state index in [1.54, 1.807) is 24.3 Å². The summed E-state index contributed by atoms with van der Waals surface area (Å²) in [5.41, 5.74) is 0.563. The second-order valence-electron chi connectivity index (χ2n) is 6.51. The quantitative estimate of drug-likeness (QED) is 0.654. The van der Waals surface area contributed by atoms with Crippen molar-refractivity contribution in [3.8, 4) is 0 Å². The van der Waals surface area contributed by atoms with Crippen LogP contribution in [-0.4, -0.2) is 28.2 Å². The van der Waals surface area contributed by atoms with E-state index < -0.39 is 23.5 Å². The molecule has 0 bridgehead atoms. The minimum Gasteiger partial charge on any atom is -0.503 e. The summed E-state index contributed by atoms with van der Waals surface area (Å²) in [5.74, 6) is -1.11. The molecule has 0 fully saturated rings. The van der Waals surface area contributed by atoms with Crippen LogP contribution >= 0.6 is 0 Å². The Morgan fingerprint density at radius 1 is 1.22 bits per heavy atom. The van der Waals surface area contributed by atoms with Gasteiger partial charge in [0.1, 0.15) is 17.4 Å². The zero-order chi connectivity index (χ0) is 19.0. The SMILES string of the molecule is CCCCN1C(=O)C(O)=C(C(=O)c2cc3ccccc3o2)C1c1ccco1. The lowest BCUT2D eigenvalue weighted by Crippen LogP contribution is -2.31. The smallest absolute Gasteiger partial charge is 0.290 e. The largest absolute Gasteiger partial charge is 0.503 e. The van der Waals surface area contributed by atoms with E-state index in [2.05, 4.69) is 0 Å². The van der Waals surface area contributed by atoms with E-state index in [1.807, 2.05) is 25.1 Å². The third-order valence-corrected chi connectivity index (χ3v) is 4.76. The molecule has 3 aromatic rings. The zero-order valence-electron chi connectivity index (χ0n) is 14.8. The number of furan rings is 2. The predicted molar refractivity (Wildman–Crippen MR) is 98.3 cm³/mol. The number of rotatable bonds is 6. The number of amides is 1. The Balaban J connectivity index is 1.78. The van der Waals surface area contributed by atoms with Crippen molar-refractivity contribution >= 4 is 22.7 Å². The summed E-state index contributed by atoms with van der Waals surface area (Å²) in [6.07, 6.45) is 3.11. The third-order valence-electron chi connectivity index (χ3n) is 4.76. The van der Waals surface area contributed by atoms with E-state index in [4.69, 9.17) is 8.83 Å². The van der Waals surface area contributed by atoms with Gasteiger partial charge in [-0.3, -0.25) is 9.59 Å². The fraction of sp³-hybridized carbons (Fsp3) is 0.238. The summed E-state index contributed by atoms with van der Waals surface area (Å²) < 4.78 is 11.1. The summed E-state index contributed by atoms with van der Waals surface area (Å²) in [6, 6.07) is 11.5. The van der Waals surface area contributed by atoms with E-state index in [0.29, 0.717) is 17.9 Å². The molecule has 3 heterocycles. The first-order valence-electron chi connectivity index (χ1n) is 8.92. The summed E-state index contributed by atoms with van der Waals surface area (Å²) in [7, 11) is 0. The Kier molecular flexibility index (Phi) is 4.32. The van der Waals surface area contributed by atoms with E-state index in [-0.39, 0.29) is 11.3 Å². The molecule has 1 aliphatic rings. The Morgan fingerprint density at radius 3 is 2.74 bits per heavy atom. The highest BCUT2D eigenvalue weighted by Crippen LogP contribution is 2.39. The van der Waals surface area contributed by atoms with Crippen molar-refractivity contribution in [1.82, 2.24) is 4.90 Å². The normalized spacial score (nSPS) is 17.3. The number of nitrogens with zero attached hydrogens (tertiary/aromatic N) is 1. The lowest BCUT2D eigenvalue weighted by molar-refractivity contribution is -0.129. The first-order chi connectivity index (χ1) is 13.1. The Bertz CT molecular complexity index is 995. The number of fused-ring (bicyclic) bond motifs is 1. The summed E-state index contributed by atoms with van der Waals surface area (Å²) in [6.45, 7) is 2.43. The maximum atomic E-state index is 13.2. The molecule has 138 valence electrons. The second-order valence-corrected chi connectivity index (χ2v) is 6.51. The minimum atomic E-state index is -0.764. The van der Waals surface area contributed by atoms with Gasteiger partial charge in [-0.25, -0.2) is 0 Å². The lowest BCUT2D eigenvalue weighted by Gasteiger charge is -2.24. The molecule has 1 N–H and O–H groups in total. The van der Waals surface area contributed by atoms with Gasteiger partial charge in [-0.1, -0.05) is 31.5 Å². The molecule has 1 aliphatic heterocycles. The maximum Gasteiger partial charge on any atom is 0.290 e. The van der Waals surface area contributed by atoms with E-state index in [0.717, 1.165) is 18.2 Å². The molecule has 0 aliphatic carbocycles. The fourth-order valence-corrected chi connectivity index (χ4v) is 3.41. The Labute approximate surface area is 155 Å². The van der Waals surface area contributed by atoms with Gasteiger partial charge in [-0.05, 0) is 30.7 Å². The first-order valence-corrected chi connectivity index (χ1v) is 8.92. The number of hydrogen-bond donors (Lipinski definition) is 1. The second kappa shape index (κ2) is 6.79. The highest BCUT2D eigenvalue weighted by Gasteiger charge is 2.45. The van der Waals surface area contributed by atoms with Crippen LogP contribution in [0.5, 0.6) is 0 Å². The highest BCUT2D eigenvalue weighted by molar-refractivity contribution is 6.15. The standard InChI is InChI=1S/C21H19NO5/c1-2-3-10-22-18(15-9-6-11-26-15)17(20(24)21(22)25)19(23)16-12-13-7-4-5-8-14(13)27-16/h4-9,11-12,18,24H,2-3,10H2,1H3. The maximum absolute atomic E-state index is 13.2. The molecular formula is C21H19NO5. The van der Waals surface area contributed by atoms with E-state index in [1.165, 1.54) is 11.2 Å². The van der Waals surface area contributed by atoms with Crippen LogP contribution in [0.15, 0.2) is 68.9 Å². The number of benzene rings is 1. The molecule has 1 atom stereocenters. The zero-order valence-corrected chi connectivity index (χ0v) is 14.8. The van der Waals surface area contributed by atoms with Crippen LogP contribution in [0.3, 0.4) is 0 Å². The van der Waals surface area contributed by atoms with Crippen LogP contribution in [0.2, 0.25) is 0 Å². The number of carbonyl (C=O) groups excluding carboxylic acids is 2. The fourth-order valence-electron chi connectivity index (χ4n) is 3.41. The topological polar surface area (TPSA) is 83.9 Å². The van der Waals surface area contributed by atoms with E-state index >= 15 is 0 Å². The number of para-hydroxylation sites is 1. The Hall–Kier alpha value is -3.28. The van der Waals surface area contributed by atoms with Crippen molar-refractivity contribution < 1.29 is 23.5 Å². The van der Waals surface area contributed by atoms with Crippen LogP contribution in [-0.2, 0) is 4.79 Å². The monoisotopic (exact) mass is 365 g/mol. The van der Waals surface area contributed by atoms with Crippen molar-refractivity contribution in [2.75, 3.05) is 6.54 Å². The van der Waals surface area contributed by atoms with Gasteiger partial charge >= 0.3 is 0 Å². The van der Waals surface area contributed by atoms with Gasteiger partial charge in [-0.15, -0.1) is 0 Å². The Morgan fingerprint density at radius 2 is 2.04 bits per heavy atom. The highest BCUT2D eigenvalue weighted by atomic mass is 16.3. The number of ketones is 1. The number of carbonyl (C=O) groups is 2. The summed E-state index contributed by atoms with van der Waals surface area (Å²) >= 11 is 0. The molecule has 2 aromatic heterocycles. The van der Waals surface area contributed by atoms with Crippen LogP contribution < -0.4 is 0 Å². The van der Waals surface area contributed by atoms with Crippen LogP contribution in [0, 0.1) is 0 Å². The van der Waals surface area contributed by atoms with E-state index in [9.17, 15) is 14.7 Å². The third kappa shape index (κ3) is 2.83. The van der Waals surface area contributed by atoms with Crippen molar-refractivity contribution in [3.63, 3.8) is 0 Å². The van der Waals surface area contributed by atoms with Gasteiger partial charge in [-0.2, -0.15) is 0 Å². The first kappa shape index (κ1) is 17.1. The number of hydrogen-bond acceptors (Lipinski definition) is 5. The van der Waals surface area contributed by atoms with Gasteiger partial charge in [0, 0.05) is 11.9 Å². The molecule has 0 radical (unpaired) electrons. The molecule has 6 nitrogen and oxygen atoms in total. The van der Waals surface area contributed by atoms with Crippen molar-refractivity contribution in [2.24, 2.45) is 0 Å². The van der Waals surface area contributed by atoms with Crippen LogP contribution in [0.25, 0.3) is 11.0 Å². The number of Topliss-reactive ketones (excluding diaryl/α,β-unsaturated/α-hetero) is 1. The lowest BCUT2D eigenvalue weighted by atomic mass is 9.99. The van der Waals surface area contributed by atoms with Crippen molar-refractivity contribution in [2.45, 2.75) is 25.8 Å². The molecule has 0 saturated carbocycles. The van der Waals surface area contributed by atoms with Gasteiger partial charge in [0.05, 0.1) is 11.8 Å². The molecule has 0 saturated heterocycles. The molecule has 4 rings (SSSR count). The molecule has 0 spiro atoms. The summed E-state index contributed by atoms with van der Waals surface area (Å²) in [4.78, 5) is 27.3.